The van der Waals surface area contributed by atoms with Crippen LogP contribution in [0.3, 0.4) is 0 Å². The Morgan fingerprint density at radius 2 is 1.75 bits per heavy atom. The highest BCUT2D eigenvalue weighted by molar-refractivity contribution is 7.77. The molecular formula is C20H32ClNOP+. The largest absolute Gasteiger partial charge is 0.322 e. The number of amides is 1. The number of anilines is 1. The Morgan fingerprint density at radius 3 is 2.25 bits per heavy atom. The van der Waals surface area contributed by atoms with Gasteiger partial charge in [0, 0.05) is 18.0 Å². The molecule has 134 valence electrons. The van der Waals surface area contributed by atoms with Crippen molar-refractivity contribution >= 4 is 30.5 Å². The average molecular weight is 369 g/mol. The smallest absolute Gasteiger partial charge is 0.265 e. The summed E-state index contributed by atoms with van der Waals surface area (Å²) in [4.78, 5) is 13.2. The summed E-state index contributed by atoms with van der Waals surface area (Å²) in [6.45, 7) is 8.56. The van der Waals surface area contributed by atoms with Crippen molar-refractivity contribution in [1.29, 1.82) is 0 Å². The number of hydrogen-bond donors (Lipinski definition) is 1. The molecule has 1 heterocycles. The lowest BCUT2D eigenvalue weighted by Crippen LogP contribution is -2.35. The Bertz CT molecular complexity index is 558. The van der Waals surface area contributed by atoms with E-state index in [2.05, 4.69) is 19.2 Å². The first kappa shape index (κ1) is 19.7. The summed E-state index contributed by atoms with van der Waals surface area (Å²) < 4.78 is 0. The molecule has 1 aromatic carbocycles. The van der Waals surface area contributed by atoms with Crippen molar-refractivity contribution in [1.82, 2.24) is 0 Å². The number of carbonyl (C=O) groups is 1. The zero-order valence-electron chi connectivity index (χ0n) is 15.6. The molecule has 1 aromatic rings. The van der Waals surface area contributed by atoms with E-state index in [9.17, 15) is 4.79 Å². The fourth-order valence-corrected chi connectivity index (χ4v) is 9.55. The van der Waals surface area contributed by atoms with E-state index in [0.29, 0.717) is 0 Å². The lowest BCUT2D eigenvalue weighted by molar-refractivity contribution is -0.116. The van der Waals surface area contributed by atoms with Crippen molar-refractivity contribution in [2.24, 2.45) is 0 Å². The molecule has 1 unspecified atom stereocenters. The van der Waals surface area contributed by atoms with Crippen LogP contribution in [0.25, 0.3) is 0 Å². The first-order valence-electron chi connectivity index (χ1n) is 9.37. The van der Waals surface area contributed by atoms with E-state index in [1.165, 1.54) is 37.7 Å². The van der Waals surface area contributed by atoms with E-state index in [1.807, 2.05) is 26.0 Å². The van der Waals surface area contributed by atoms with Crippen LogP contribution >= 0.6 is 18.9 Å². The van der Waals surface area contributed by atoms with Gasteiger partial charge in [0.05, 0.1) is 18.5 Å². The molecule has 1 atom stereocenters. The van der Waals surface area contributed by atoms with E-state index >= 15 is 0 Å². The molecule has 0 aliphatic carbocycles. The Morgan fingerprint density at radius 1 is 1.17 bits per heavy atom. The van der Waals surface area contributed by atoms with Gasteiger partial charge in [0.1, 0.15) is 5.66 Å². The highest BCUT2D eigenvalue weighted by Gasteiger charge is 2.48. The molecule has 0 spiro atoms. The topological polar surface area (TPSA) is 29.1 Å². The van der Waals surface area contributed by atoms with Crippen LogP contribution in [0.1, 0.15) is 57.1 Å². The number of hydrogen-bond acceptors (Lipinski definition) is 1. The molecule has 2 nitrogen and oxygen atoms in total. The zero-order valence-corrected chi connectivity index (χ0v) is 17.3. The SMILES string of the molecule is CCCC(C(=O)Nc1c(C)cc(Cl)cc1C)[P+]1(CC)CCCCC1. The van der Waals surface area contributed by atoms with Crippen molar-refractivity contribution in [2.45, 2.75) is 65.5 Å². The lowest BCUT2D eigenvalue weighted by atomic mass is 10.1. The fraction of sp³-hybridized carbons (Fsp3) is 0.650. The maximum atomic E-state index is 13.2. The standard InChI is InChI=1S/C20H31ClNOP/c1-5-10-18(24(6-2)11-8-7-9-12-24)20(23)22-19-15(3)13-17(21)14-16(19)4/h13-14,18H,5-12H2,1-4H3/p+1. The second-order valence-corrected chi connectivity index (χ2v) is 12.3. The summed E-state index contributed by atoms with van der Waals surface area (Å²) in [7, 11) is -1.17. The average Bonchev–Trinajstić information content (AvgIpc) is 2.56. The Kier molecular flexibility index (Phi) is 7.13. The van der Waals surface area contributed by atoms with E-state index < -0.39 is 7.26 Å². The van der Waals surface area contributed by atoms with Gasteiger partial charge in [-0.3, -0.25) is 4.79 Å². The van der Waals surface area contributed by atoms with Crippen LogP contribution in [0.2, 0.25) is 5.02 Å². The molecule has 1 aliphatic rings. The zero-order chi connectivity index (χ0) is 17.7. The van der Waals surface area contributed by atoms with Crippen molar-refractivity contribution < 1.29 is 4.79 Å². The molecular weight excluding hydrogens is 337 g/mol. The molecule has 0 bridgehead atoms. The monoisotopic (exact) mass is 368 g/mol. The van der Waals surface area contributed by atoms with Crippen molar-refractivity contribution in [3.63, 3.8) is 0 Å². The van der Waals surface area contributed by atoms with Crippen molar-refractivity contribution in [3.05, 3.63) is 28.3 Å². The summed E-state index contributed by atoms with van der Waals surface area (Å²) in [6, 6.07) is 3.87. The van der Waals surface area contributed by atoms with Crippen LogP contribution in [-0.2, 0) is 4.79 Å². The molecule has 24 heavy (non-hydrogen) atoms. The molecule has 1 saturated heterocycles. The van der Waals surface area contributed by atoms with Crippen molar-refractivity contribution in [2.75, 3.05) is 23.8 Å². The molecule has 4 heteroatoms. The first-order chi connectivity index (χ1) is 11.4. The van der Waals surface area contributed by atoms with Crippen LogP contribution < -0.4 is 5.32 Å². The highest BCUT2D eigenvalue weighted by Crippen LogP contribution is 2.66. The van der Waals surface area contributed by atoms with Gasteiger partial charge in [0.25, 0.3) is 5.91 Å². The van der Waals surface area contributed by atoms with Crippen LogP contribution in [0.15, 0.2) is 12.1 Å². The summed E-state index contributed by atoms with van der Waals surface area (Å²) in [6.07, 6.45) is 9.90. The summed E-state index contributed by atoms with van der Waals surface area (Å²) in [5.41, 5.74) is 3.28. The number of halogens is 1. The minimum absolute atomic E-state index is 0.224. The van der Waals surface area contributed by atoms with Crippen LogP contribution in [0, 0.1) is 13.8 Å². The quantitative estimate of drug-likeness (QED) is 0.587. The van der Waals surface area contributed by atoms with Crippen LogP contribution in [-0.4, -0.2) is 30.1 Å². The van der Waals surface area contributed by atoms with Gasteiger partial charge in [0.15, 0.2) is 0 Å². The molecule has 0 aromatic heterocycles. The van der Waals surface area contributed by atoms with Gasteiger partial charge in [-0.25, -0.2) is 0 Å². The number of aryl methyl sites for hydroxylation is 2. The second kappa shape index (κ2) is 8.68. The molecule has 1 fully saturated rings. The van der Waals surface area contributed by atoms with E-state index in [4.69, 9.17) is 11.6 Å². The first-order valence-corrected chi connectivity index (χ1v) is 12.2. The third-order valence-corrected chi connectivity index (χ3v) is 11.3. The van der Waals surface area contributed by atoms with Gasteiger partial charge in [-0.2, -0.15) is 0 Å². The summed E-state index contributed by atoms with van der Waals surface area (Å²) >= 11 is 6.13. The molecule has 1 amide bonds. The molecule has 1 aliphatic heterocycles. The minimum atomic E-state index is -1.17. The highest BCUT2D eigenvalue weighted by atomic mass is 35.5. The number of rotatable bonds is 6. The van der Waals surface area contributed by atoms with Gasteiger partial charge in [-0.1, -0.05) is 24.9 Å². The predicted molar refractivity (Wildman–Crippen MR) is 109 cm³/mol. The summed E-state index contributed by atoms with van der Waals surface area (Å²) in [5.74, 6) is 0.252. The van der Waals surface area contributed by atoms with Gasteiger partial charge in [-0.05, 0) is 69.7 Å². The van der Waals surface area contributed by atoms with Gasteiger partial charge in [-0.15, -0.1) is 0 Å². The molecule has 2 rings (SSSR count). The van der Waals surface area contributed by atoms with Crippen LogP contribution in [0.4, 0.5) is 5.69 Å². The lowest BCUT2D eigenvalue weighted by Gasteiger charge is -2.36. The van der Waals surface area contributed by atoms with Gasteiger partial charge in [0.2, 0.25) is 0 Å². The summed E-state index contributed by atoms with van der Waals surface area (Å²) in [5, 5.41) is 4.01. The third kappa shape index (κ3) is 4.33. The second-order valence-electron chi connectivity index (χ2n) is 7.25. The van der Waals surface area contributed by atoms with Gasteiger partial charge < -0.3 is 5.32 Å². The maximum absolute atomic E-state index is 13.2. The Hall–Kier alpha value is -0.590. The van der Waals surface area contributed by atoms with E-state index in [0.717, 1.165) is 34.7 Å². The third-order valence-electron chi connectivity index (χ3n) is 5.61. The van der Waals surface area contributed by atoms with E-state index in [1.54, 1.807) is 0 Å². The number of carbonyl (C=O) groups excluding carboxylic acids is 1. The van der Waals surface area contributed by atoms with Gasteiger partial charge >= 0.3 is 0 Å². The molecule has 1 N–H and O–H groups in total. The minimum Gasteiger partial charge on any atom is -0.322 e. The van der Waals surface area contributed by atoms with Crippen LogP contribution in [0.5, 0.6) is 0 Å². The maximum Gasteiger partial charge on any atom is 0.265 e. The normalized spacial score (nSPS) is 18.2. The number of benzene rings is 1. The number of nitrogens with one attached hydrogen (secondary N) is 1. The Balaban J connectivity index is 2.26. The molecule has 0 saturated carbocycles. The van der Waals surface area contributed by atoms with E-state index in [-0.39, 0.29) is 11.6 Å². The Labute approximate surface area is 153 Å². The van der Waals surface area contributed by atoms with Crippen molar-refractivity contribution in [3.8, 4) is 0 Å². The predicted octanol–water partition coefficient (Wildman–Crippen LogP) is 6.29. The molecule has 0 radical (unpaired) electrons. The fourth-order valence-electron chi connectivity index (χ4n) is 4.23.